The molecule has 1 aromatic rings. The van der Waals surface area contributed by atoms with Crippen LogP contribution >= 0.6 is 15.9 Å². The van der Waals surface area contributed by atoms with Gasteiger partial charge in [0.2, 0.25) is 0 Å². The lowest BCUT2D eigenvalue weighted by Crippen LogP contribution is -2.41. The lowest BCUT2D eigenvalue weighted by atomic mass is 9.73. The Hall–Kier alpha value is -0.610. The minimum Gasteiger partial charge on any atom is -0.392 e. The van der Waals surface area contributed by atoms with Crippen molar-refractivity contribution < 1.29 is 5.11 Å². The standard InChI is InChI=1S/C13H19BrN2O/c1-13(7-3-2-4-11(13)17)9-16-12-6-5-10(14)8-15-12/h5-6,8,11,17H,2-4,7,9H2,1H3,(H,15,16). The molecule has 1 fully saturated rings. The van der Waals surface area contributed by atoms with Gasteiger partial charge in [-0.1, -0.05) is 19.8 Å². The molecular weight excluding hydrogens is 280 g/mol. The molecule has 3 nitrogen and oxygen atoms in total. The number of nitrogens with one attached hydrogen (secondary N) is 1. The number of aliphatic hydroxyl groups excluding tert-OH is 1. The summed E-state index contributed by atoms with van der Waals surface area (Å²) in [6.45, 7) is 2.94. The van der Waals surface area contributed by atoms with E-state index < -0.39 is 0 Å². The monoisotopic (exact) mass is 298 g/mol. The summed E-state index contributed by atoms with van der Waals surface area (Å²) >= 11 is 3.36. The predicted molar refractivity (Wildman–Crippen MR) is 73.0 cm³/mol. The van der Waals surface area contributed by atoms with E-state index in [0.29, 0.717) is 0 Å². The van der Waals surface area contributed by atoms with E-state index in [9.17, 15) is 5.11 Å². The van der Waals surface area contributed by atoms with Crippen molar-refractivity contribution in [2.75, 3.05) is 11.9 Å². The van der Waals surface area contributed by atoms with Gasteiger partial charge in [0.15, 0.2) is 0 Å². The van der Waals surface area contributed by atoms with E-state index in [0.717, 1.165) is 36.1 Å². The van der Waals surface area contributed by atoms with Crippen LogP contribution in [0.15, 0.2) is 22.8 Å². The second kappa shape index (κ2) is 5.36. The fraction of sp³-hybridized carbons (Fsp3) is 0.615. The minimum absolute atomic E-state index is 0.0208. The molecule has 0 spiro atoms. The number of aliphatic hydroxyl groups is 1. The van der Waals surface area contributed by atoms with E-state index in [-0.39, 0.29) is 11.5 Å². The van der Waals surface area contributed by atoms with Crippen molar-refractivity contribution >= 4 is 21.7 Å². The molecule has 2 atom stereocenters. The van der Waals surface area contributed by atoms with Gasteiger partial charge in [-0.25, -0.2) is 4.98 Å². The maximum atomic E-state index is 10.1. The van der Waals surface area contributed by atoms with E-state index >= 15 is 0 Å². The summed E-state index contributed by atoms with van der Waals surface area (Å²) in [5, 5.41) is 13.4. The van der Waals surface area contributed by atoms with Crippen molar-refractivity contribution in [3.05, 3.63) is 22.8 Å². The Balaban J connectivity index is 1.94. The normalized spacial score (nSPS) is 29.0. The van der Waals surface area contributed by atoms with E-state index in [1.165, 1.54) is 6.42 Å². The molecule has 0 saturated heterocycles. The van der Waals surface area contributed by atoms with Crippen LogP contribution in [0.2, 0.25) is 0 Å². The van der Waals surface area contributed by atoms with Crippen LogP contribution in [0, 0.1) is 5.41 Å². The van der Waals surface area contributed by atoms with Gasteiger partial charge in [-0.15, -0.1) is 0 Å². The van der Waals surface area contributed by atoms with Crippen LogP contribution in [0.1, 0.15) is 32.6 Å². The van der Waals surface area contributed by atoms with Gasteiger partial charge in [0.1, 0.15) is 5.82 Å². The number of hydrogen-bond acceptors (Lipinski definition) is 3. The first-order valence-corrected chi connectivity index (χ1v) is 6.93. The van der Waals surface area contributed by atoms with Crippen molar-refractivity contribution in [2.24, 2.45) is 5.41 Å². The summed E-state index contributed by atoms with van der Waals surface area (Å²) in [6, 6.07) is 3.91. The van der Waals surface area contributed by atoms with Crippen LogP contribution in [0.4, 0.5) is 5.82 Å². The first-order valence-electron chi connectivity index (χ1n) is 6.14. The van der Waals surface area contributed by atoms with Crippen molar-refractivity contribution in [3.63, 3.8) is 0 Å². The molecule has 0 aromatic carbocycles. The Morgan fingerprint density at radius 1 is 1.53 bits per heavy atom. The van der Waals surface area contributed by atoms with Gasteiger partial charge in [0, 0.05) is 22.6 Å². The van der Waals surface area contributed by atoms with Crippen LogP contribution < -0.4 is 5.32 Å². The molecule has 1 aliphatic rings. The average Bonchev–Trinajstić information content (AvgIpc) is 2.33. The van der Waals surface area contributed by atoms with Gasteiger partial charge in [-0.2, -0.15) is 0 Å². The zero-order valence-electron chi connectivity index (χ0n) is 10.1. The van der Waals surface area contributed by atoms with Crippen LogP contribution in [-0.4, -0.2) is 22.7 Å². The molecule has 2 unspecified atom stereocenters. The summed E-state index contributed by atoms with van der Waals surface area (Å²) in [5.41, 5.74) is -0.0208. The van der Waals surface area contributed by atoms with E-state index in [2.05, 4.69) is 33.2 Å². The van der Waals surface area contributed by atoms with Gasteiger partial charge in [-0.3, -0.25) is 0 Å². The van der Waals surface area contributed by atoms with E-state index in [1.54, 1.807) is 6.20 Å². The molecule has 1 aliphatic carbocycles. The Labute approximate surface area is 111 Å². The van der Waals surface area contributed by atoms with Crippen LogP contribution in [0.5, 0.6) is 0 Å². The van der Waals surface area contributed by atoms with Gasteiger partial charge in [0.25, 0.3) is 0 Å². The molecular formula is C13H19BrN2O. The van der Waals surface area contributed by atoms with Gasteiger partial charge in [0.05, 0.1) is 6.10 Å². The highest BCUT2D eigenvalue weighted by molar-refractivity contribution is 9.10. The molecule has 1 saturated carbocycles. The number of rotatable bonds is 3. The van der Waals surface area contributed by atoms with Crippen molar-refractivity contribution in [2.45, 2.75) is 38.7 Å². The number of pyridine rings is 1. The summed E-state index contributed by atoms with van der Waals surface area (Å²) in [5.74, 6) is 0.868. The van der Waals surface area contributed by atoms with Crippen molar-refractivity contribution in [1.82, 2.24) is 4.98 Å². The third kappa shape index (κ3) is 3.19. The molecule has 0 bridgehead atoms. The molecule has 0 radical (unpaired) electrons. The number of halogens is 1. The summed E-state index contributed by atoms with van der Waals surface area (Å²) in [7, 11) is 0. The second-order valence-electron chi connectivity index (χ2n) is 5.13. The molecule has 17 heavy (non-hydrogen) atoms. The zero-order valence-corrected chi connectivity index (χ0v) is 11.7. The third-order valence-electron chi connectivity index (χ3n) is 3.68. The topological polar surface area (TPSA) is 45.2 Å². The smallest absolute Gasteiger partial charge is 0.125 e. The lowest BCUT2D eigenvalue weighted by Gasteiger charge is -2.38. The highest BCUT2D eigenvalue weighted by Crippen LogP contribution is 2.36. The molecule has 1 aromatic heterocycles. The average molecular weight is 299 g/mol. The third-order valence-corrected chi connectivity index (χ3v) is 4.15. The highest BCUT2D eigenvalue weighted by atomic mass is 79.9. The Morgan fingerprint density at radius 3 is 3.00 bits per heavy atom. The first kappa shape index (κ1) is 12.8. The number of anilines is 1. The number of aromatic nitrogens is 1. The molecule has 2 rings (SSSR count). The lowest BCUT2D eigenvalue weighted by molar-refractivity contribution is 0.00958. The van der Waals surface area contributed by atoms with Gasteiger partial charge < -0.3 is 10.4 Å². The fourth-order valence-electron chi connectivity index (χ4n) is 2.36. The Bertz CT molecular complexity index is 368. The zero-order chi connectivity index (χ0) is 12.3. The molecule has 2 N–H and O–H groups in total. The minimum atomic E-state index is -0.195. The number of hydrogen-bond donors (Lipinski definition) is 2. The maximum Gasteiger partial charge on any atom is 0.125 e. The van der Waals surface area contributed by atoms with E-state index in [4.69, 9.17) is 0 Å². The SMILES string of the molecule is CC1(CNc2ccc(Br)cn2)CCCCC1O. The fourth-order valence-corrected chi connectivity index (χ4v) is 2.60. The largest absolute Gasteiger partial charge is 0.392 e. The molecule has 94 valence electrons. The van der Waals surface area contributed by atoms with Crippen LogP contribution in [0.25, 0.3) is 0 Å². The maximum absolute atomic E-state index is 10.1. The Morgan fingerprint density at radius 2 is 2.35 bits per heavy atom. The van der Waals surface area contributed by atoms with Crippen LogP contribution in [0.3, 0.4) is 0 Å². The molecule has 1 heterocycles. The molecule has 4 heteroatoms. The van der Waals surface area contributed by atoms with E-state index in [1.807, 2.05) is 12.1 Å². The second-order valence-corrected chi connectivity index (χ2v) is 6.05. The molecule has 0 amide bonds. The quantitative estimate of drug-likeness (QED) is 0.901. The summed E-state index contributed by atoms with van der Waals surface area (Å²) in [6.07, 6.45) is 5.95. The van der Waals surface area contributed by atoms with Crippen molar-refractivity contribution in [1.29, 1.82) is 0 Å². The number of nitrogens with zero attached hydrogens (tertiary/aromatic N) is 1. The van der Waals surface area contributed by atoms with Crippen LogP contribution in [-0.2, 0) is 0 Å². The summed E-state index contributed by atoms with van der Waals surface area (Å²) in [4.78, 5) is 4.28. The highest BCUT2D eigenvalue weighted by Gasteiger charge is 2.35. The van der Waals surface area contributed by atoms with Gasteiger partial charge >= 0.3 is 0 Å². The Kier molecular flexibility index (Phi) is 4.05. The predicted octanol–water partition coefficient (Wildman–Crippen LogP) is 3.20. The first-order chi connectivity index (χ1) is 8.10. The van der Waals surface area contributed by atoms with Gasteiger partial charge in [-0.05, 0) is 40.9 Å². The summed E-state index contributed by atoms with van der Waals surface area (Å²) < 4.78 is 0.979. The molecule has 0 aliphatic heterocycles. The van der Waals surface area contributed by atoms with Crippen molar-refractivity contribution in [3.8, 4) is 0 Å².